The largest absolute Gasteiger partial charge is 0.474 e. The molecule has 1 aromatic rings. The fourth-order valence-electron chi connectivity index (χ4n) is 1.54. The molecule has 1 unspecified atom stereocenters. The molecule has 0 bridgehead atoms. The van der Waals surface area contributed by atoms with Crippen molar-refractivity contribution in [3.05, 3.63) is 18.3 Å². The van der Waals surface area contributed by atoms with Gasteiger partial charge in [0.25, 0.3) is 0 Å². The van der Waals surface area contributed by atoms with Crippen LogP contribution in [0, 0.1) is 0 Å². The quantitative estimate of drug-likeness (QED) is 0.754. The lowest BCUT2D eigenvalue weighted by Gasteiger charge is -2.23. The van der Waals surface area contributed by atoms with E-state index in [0.29, 0.717) is 6.54 Å². The molecule has 0 saturated heterocycles. The van der Waals surface area contributed by atoms with Crippen LogP contribution in [0.15, 0.2) is 23.2 Å². The molecule has 1 atom stereocenters. The van der Waals surface area contributed by atoms with Gasteiger partial charge >= 0.3 is 0 Å². The van der Waals surface area contributed by atoms with Gasteiger partial charge in [-0.3, -0.25) is 0 Å². The number of aromatic nitrogens is 1. The van der Waals surface area contributed by atoms with Crippen molar-refractivity contribution in [3.63, 3.8) is 0 Å². The number of aliphatic hydroxyl groups excluding tert-OH is 1. The second-order valence-electron chi connectivity index (χ2n) is 6.19. The van der Waals surface area contributed by atoms with Crippen LogP contribution in [0.4, 0.5) is 0 Å². The van der Waals surface area contributed by atoms with E-state index in [1.807, 2.05) is 20.8 Å². The van der Waals surface area contributed by atoms with Gasteiger partial charge in [-0.2, -0.15) is 0 Å². The average molecular weight is 331 g/mol. The summed E-state index contributed by atoms with van der Waals surface area (Å²) in [5.74, 6) is -0.00833. The van der Waals surface area contributed by atoms with E-state index in [9.17, 15) is 13.5 Å². The third kappa shape index (κ3) is 5.53. The topological polar surface area (TPSA) is 91.8 Å². The van der Waals surface area contributed by atoms with E-state index < -0.39 is 16.1 Å². The molecule has 8 heteroatoms. The zero-order chi connectivity index (χ0) is 17.0. The Balaban J connectivity index is 2.76. The van der Waals surface area contributed by atoms with Gasteiger partial charge in [0.2, 0.25) is 15.9 Å². The number of hydrogen-bond donors (Lipinski definition) is 2. The summed E-state index contributed by atoms with van der Waals surface area (Å²) in [6, 6.07) is 2.96. The van der Waals surface area contributed by atoms with E-state index in [0.717, 1.165) is 4.31 Å². The monoisotopic (exact) mass is 331 g/mol. The highest BCUT2D eigenvalue weighted by Gasteiger charge is 2.23. The maximum atomic E-state index is 12.2. The lowest BCUT2D eigenvalue weighted by Crippen LogP contribution is -2.42. The number of aliphatic hydroxyl groups is 1. The van der Waals surface area contributed by atoms with Crippen molar-refractivity contribution in [1.29, 1.82) is 0 Å². The molecule has 126 valence electrons. The Morgan fingerprint density at radius 2 is 2.05 bits per heavy atom. The summed E-state index contributed by atoms with van der Waals surface area (Å²) in [7, 11) is -0.765. The molecule has 0 aliphatic heterocycles. The predicted octanol–water partition coefficient (Wildman–Crippen LogP) is 0.460. The van der Waals surface area contributed by atoms with Crippen LogP contribution in [0.25, 0.3) is 0 Å². The zero-order valence-corrected chi connectivity index (χ0v) is 14.5. The molecule has 2 N–H and O–H groups in total. The average Bonchev–Trinajstić information content (AvgIpc) is 2.42. The van der Waals surface area contributed by atoms with Gasteiger partial charge in [-0.1, -0.05) is 0 Å². The van der Waals surface area contributed by atoms with E-state index in [1.165, 1.54) is 32.4 Å². The maximum Gasteiger partial charge on any atom is 0.247 e. The minimum absolute atomic E-state index is 0.00833. The molecule has 0 saturated carbocycles. The second-order valence-corrected chi connectivity index (χ2v) is 8.31. The molecule has 22 heavy (non-hydrogen) atoms. The van der Waals surface area contributed by atoms with Gasteiger partial charge in [0.05, 0.1) is 0 Å². The standard InChI is InChI=1S/C14H25N3O4S/c1-14(2,3)16-9-11(18)10-21-13-12(7-6-8-15-13)22(19,20)17(4)5/h6-8,11,16,18H,9-10H2,1-5H3. The Kier molecular flexibility index (Phi) is 6.30. The molecule has 0 aromatic carbocycles. The second kappa shape index (κ2) is 7.36. The predicted molar refractivity (Wildman–Crippen MR) is 84.4 cm³/mol. The molecule has 0 fully saturated rings. The fourth-order valence-corrected chi connectivity index (χ4v) is 2.51. The fraction of sp³-hybridized carbons (Fsp3) is 0.643. The number of rotatable bonds is 7. The van der Waals surface area contributed by atoms with E-state index in [2.05, 4.69) is 10.3 Å². The summed E-state index contributed by atoms with van der Waals surface area (Å²) in [6.07, 6.45) is 0.681. The number of hydrogen-bond acceptors (Lipinski definition) is 6. The van der Waals surface area contributed by atoms with Crippen LogP contribution in [-0.4, -0.2) is 61.7 Å². The van der Waals surface area contributed by atoms with Gasteiger partial charge in [-0.05, 0) is 32.9 Å². The van der Waals surface area contributed by atoms with Gasteiger partial charge < -0.3 is 15.2 Å². The summed E-state index contributed by atoms with van der Waals surface area (Å²) in [4.78, 5) is 3.93. The third-order valence-corrected chi connectivity index (χ3v) is 4.60. The summed E-state index contributed by atoms with van der Waals surface area (Å²) >= 11 is 0. The number of sulfonamides is 1. The summed E-state index contributed by atoms with van der Waals surface area (Å²) in [5, 5.41) is 13.0. The molecule has 0 aliphatic rings. The van der Waals surface area contributed by atoms with Gasteiger partial charge in [0, 0.05) is 32.4 Å². The van der Waals surface area contributed by atoms with Crippen molar-refractivity contribution in [1.82, 2.24) is 14.6 Å². The summed E-state index contributed by atoms with van der Waals surface area (Å²) in [6.45, 7) is 6.26. The first-order valence-electron chi connectivity index (χ1n) is 6.97. The lowest BCUT2D eigenvalue weighted by atomic mass is 10.1. The minimum Gasteiger partial charge on any atom is -0.474 e. The molecule has 0 amide bonds. The molecule has 0 spiro atoms. The Morgan fingerprint density at radius 3 is 2.59 bits per heavy atom. The van der Waals surface area contributed by atoms with Crippen molar-refractivity contribution in [2.24, 2.45) is 0 Å². The number of pyridine rings is 1. The third-order valence-electron chi connectivity index (χ3n) is 2.78. The number of nitrogens with zero attached hydrogens (tertiary/aromatic N) is 2. The van der Waals surface area contributed by atoms with Gasteiger partial charge in [-0.25, -0.2) is 17.7 Å². The summed E-state index contributed by atoms with van der Waals surface area (Å²) < 4.78 is 30.9. The highest BCUT2D eigenvalue weighted by molar-refractivity contribution is 7.89. The Hall–Kier alpha value is -1.22. The van der Waals surface area contributed by atoms with Crippen molar-refractivity contribution in [3.8, 4) is 5.88 Å². The van der Waals surface area contributed by atoms with Gasteiger partial charge in [-0.15, -0.1) is 0 Å². The van der Waals surface area contributed by atoms with Crippen LogP contribution in [0.1, 0.15) is 20.8 Å². The molecule has 1 rings (SSSR count). The molecule has 0 radical (unpaired) electrons. The first-order valence-corrected chi connectivity index (χ1v) is 8.41. The highest BCUT2D eigenvalue weighted by atomic mass is 32.2. The van der Waals surface area contributed by atoms with E-state index in [1.54, 1.807) is 0 Å². The first kappa shape index (κ1) is 18.8. The molecule has 7 nitrogen and oxygen atoms in total. The smallest absolute Gasteiger partial charge is 0.247 e. The number of ether oxygens (including phenoxy) is 1. The Morgan fingerprint density at radius 1 is 1.41 bits per heavy atom. The van der Waals surface area contributed by atoms with E-state index in [-0.39, 0.29) is 22.9 Å². The first-order chi connectivity index (χ1) is 10.0. The van der Waals surface area contributed by atoms with Crippen molar-refractivity contribution < 1.29 is 18.3 Å². The molecular weight excluding hydrogens is 306 g/mol. The van der Waals surface area contributed by atoms with Crippen LogP contribution >= 0.6 is 0 Å². The lowest BCUT2D eigenvalue weighted by molar-refractivity contribution is 0.0960. The molecular formula is C14H25N3O4S. The van der Waals surface area contributed by atoms with Crippen molar-refractivity contribution in [2.75, 3.05) is 27.2 Å². The Bertz CT molecular complexity index is 582. The summed E-state index contributed by atoms with van der Waals surface area (Å²) in [5.41, 5.74) is -0.120. The van der Waals surface area contributed by atoms with Crippen LogP contribution < -0.4 is 10.1 Å². The van der Waals surface area contributed by atoms with Gasteiger partial charge in [0.15, 0.2) is 0 Å². The van der Waals surface area contributed by atoms with Crippen LogP contribution in [-0.2, 0) is 10.0 Å². The zero-order valence-electron chi connectivity index (χ0n) is 13.7. The van der Waals surface area contributed by atoms with E-state index in [4.69, 9.17) is 4.74 Å². The number of β-amino-alcohol motifs (C(OH)–C–C–N with tert-alkyl or cyclic N) is 1. The van der Waals surface area contributed by atoms with E-state index >= 15 is 0 Å². The van der Waals surface area contributed by atoms with Crippen LogP contribution in [0.3, 0.4) is 0 Å². The van der Waals surface area contributed by atoms with Crippen LogP contribution in [0.2, 0.25) is 0 Å². The molecule has 0 aliphatic carbocycles. The SMILES string of the molecule is CN(C)S(=O)(=O)c1cccnc1OCC(O)CNC(C)(C)C. The van der Waals surface area contributed by atoms with Crippen molar-refractivity contribution >= 4 is 10.0 Å². The Labute approximate surface area is 132 Å². The molecule has 1 aromatic heterocycles. The van der Waals surface area contributed by atoms with Gasteiger partial charge in [0.1, 0.15) is 17.6 Å². The van der Waals surface area contributed by atoms with Crippen LogP contribution in [0.5, 0.6) is 5.88 Å². The normalized spacial score (nSPS) is 14.1. The maximum absolute atomic E-state index is 12.2. The highest BCUT2D eigenvalue weighted by Crippen LogP contribution is 2.22. The number of nitrogens with one attached hydrogen (secondary N) is 1. The molecule has 1 heterocycles. The minimum atomic E-state index is -3.64. The van der Waals surface area contributed by atoms with Crippen molar-refractivity contribution in [2.45, 2.75) is 37.3 Å².